The zero-order valence-corrected chi connectivity index (χ0v) is 17.8. The number of anilines is 4. The first-order valence-electron chi connectivity index (χ1n) is 9.24. The van der Waals surface area contributed by atoms with Crippen LogP contribution in [-0.4, -0.2) is 35.6 Å². The fraction of sp³-hybridized carbons (Fsp3) is 0.150. The molecule has 0 spiro atoms. The molecule has 2 aromatic heterocycles. The van der Waals surface area contributed by atoms with Gasteiger partial charge in [0.25, 0.3) is 0 Å². The van der Waals surface area contributed by atoms with Gasteiger partial charge in [0.1, 0.15) is 11.6 Å². The molecule has 0 aliphatic carbocycles. The molecule has 0 radical (unpaired) electrons. The molecule has 2 heterocycles. The van der Waals surface area contributed by atoms with Crippen molar-refractivity contribution in [1.82, 2.24) is 20.2 Å². The quantitative estimate of drug-likeness (QED) is 0.433. The summed E-state index contributed by atoms with van der Waals surface area (Å²) in [5, 5.41) is 16.0. The number of nitrogens with one attached hydrogen (secondary N) is 2. The van der Waals surface area contributed by atoms with Crippen molar-refractivity contribution in [2.45, 2.75) is 18.7 Å². The average Bonchev–Trinajstić information content (AvgIpc) is 3.09. The summed E-state index contributed by atoms with van der Waals surface area (Å²) < 4.78 is 37.5. The van der Waals surface area contributed by atoms with Crippen molar-refractivity contribution in [3.8, 4) is 0 Å². The number of sulfonamides is 1. The Kier molecular flexibility index (Phi) is 5.07. The van der Waals surface area contributed by atoms with E-state index in [1.54, 1.807) is 50.2 Å². The molecule has 0 fully saturated rings. The molecule has 0 saturated carbocycles. The highest BCUT2D eigenvalue weighted by atomic mass is 32.2. The molecular formula is C20H20FN7O2S. The number of aryl methyl sites for hydroxylation is 2. The van der Waals surface area contributed by atoms with E-state index < -0.39 is 10.0 Å². The Morgan fingerprint density at radius 1 is 1.16 bits per heavy atom. The molecule has 9 nitrogen and oxygen atoms in total. The van der Waals surface area contributed by atoms with E-state index in [9.17, 15) is 12.8 Å². The van der Waals surface area contributed by atoms with Crippen molar-refractivity contribution >= 4 is 44.2 Å². The first kappa shape index (κ1) is 20.7. The second-order valence-electron chi connectivity index (χ2n) is 7.20. The Morgan fingerprint density at radius 3 is 2.68 bits per heavy atom. The smallest absolute Gasteiger partial charge is 0.238 e. The lowest BCUT2D eigenvalue weighted by atomic mass is 10.1. The summed E-state index contributed by atoms with van der Waals surface area (Å²) in [5.41, 5.74) is 2.42. The van der Waals surface area contributed by atoms with Crippen LogP contribution in [0.1, 0.15) is 11.1 Å². The van der Waals surface area contributed by atoms with Gasteiger partial charge in [-0.25, -0.2) is 22.9 Å². The van der Waals surface area contributed by atoms with E-state index in [4.69, 9.17) is 5.14 Å². The van der Waals surface area contributed by atoms with Gasteiger partial charge in [-0.15, -0.1) is 0 Å². The third-order valence-electron chi connectivity index (χ3n) is 4.76. The van der Waals surface area contributed by atoms with Gasteiger partial charge in [0, 0.05) is 24.3 Å². The van der Waals surface area contributed by atoms with Gasteiger partial charge in [0.15, 0.2) is 5.82 Å². The standard InChI is InChI=1S/C20H20FN7O2S/c1-11-6-13(9-14(7-11)31(22,29)30)24-20-23-5-4-18(25-20)28(3)19-15-10-16(21)12(2)8-17(15)26-27-19/h4-10H,1-3H3,(H,26,27)(H2,22,29,30)(H,23,24,25). The van der Waals surface area contributed by atoms with Crippen molar-refractivity contribution in [3.05, 3.63) is 59.5 Å². The van der Waals surface area contributed by atoms with Gasteiger partial charge in [-0.3, -0.25) is 5.10 Å². The summed E-state index contributed by atoms with van der Waals surface area (Å²) in [7, 11) is -2.09. The highest BCUT2D eigenvalue weighted by molar-refractivity contribution is 7.89. The van der Waals surface area contributed by atoms with Gasteiger partial charge in [-0.1, -0.05) is 0 Å². The Hall–Kier alpha value is -3.57. The van der Waals surface area contributed by atoms with Crippen LogP contribution in [0.2, 0.25) is 0 Å². The molecule has 160 valence electrons. The summed E-state index contributed by atoms with van der Waals surface area (Å²) >= 11 is 0. The SMILES string of the molecule is Cc1cc(Nc2nccc(N(C)c3n[nH]c4cc(C)c(F)cc34)n2)cc(S(N)(=O)=O)c1. The number of halogens is 1. The lowest BCUT2D eigenvalue weighted by Crippen LogP contribution is -2.14. The Labute approximate surface area is 178 Å². The number of H-pyrrole nitrogens is 1. The maximum atomic E-state index is 14.1. The summed E-state index contributed by atoms with van der Waals surface area (Å²) in [4.78, 5) is 10.3. The molecule has 0 aliphatic rings. The minimum Gasteiger partial charge on any atom is -0.324 e. The van der Waals surface area contributed by atoms with E-state index >= 15 is 0 Å². The number of hydrogen-bond acceptors (Lipinski definition) is 7. The van der Waals surface area contributed by atoms with Crippen LogP contribution in [0.25, 0.3) is 10.9 Å². The van der Waals surface area contributed by atoms with Crippen LogP contribution in [0.5, 0.6) is 0 Å². The number of nitrogens with zero attached hydrogens (tertiary/aromatic N) is 4. The number of aromatic nitrogens is 4. The number of benzene rings is 2. The Morgan fingerprint density at radius 2 is 1.94 bits per heavy atom. The van der Waals surface area contributed by atoms with Crippen LogP contribution < -0.4 is 15.4 Å². The third kappa shape index (κ3) is 4.18. The maximum Gasteiger partial charge on any atom is 0.238 e. The largest absolute Gasteiger partial charge is 0.324 e. The normalized spacial score (nSPS) is 11.6. The van der Waals surface area contributed by atoms with Crippen LogP contribution in [0, 0.1) is 19.7 Å². The van der Waals surface area contributed by atoms with Gasteiger partial charge < -0.3 is 10.2 Å². The molecule has 2 aromatic carbocycles. The molecule has 4 rings (SSSR count). The lowest BCUT2D eigenvalue weighted by molar-refractivity contribution is 0.597. The van der Waals surface area contributed by atoms with Crippen molar-refractivity contribution in [2.24, 2.45) is 5.14 Å². The topological polar surface area (TPSA) is 130 Å². The zero-order chi connectivity index (χ0) is 22.3. The summed E-state index contributed by atoms with van der Waals surface area (Å²) in [6.45, 7) is 3.45. The summed E-state index contributed by atoms with van der Waals surface area (Å²) in [6, 6.07) is 9.46. The van der Waals surface area contributed by atoms with Gasteiger partial charge in [-0.2, -0.15) is 10.1 Å². The first-order chi connectivity index (χ1) is 14.6. The van der Waals surface area contributed by atoms with Crippen LogP contribution in [-0.2, 0) is 10.0 Å². The Bertz CT molecular complexity index is 1400. The highest BCUT2D eigenvalue weighted by Gasteiger charge is 2.16. The predicted octanol–water partition coefficient (Wildman–Crippen LogP) is 3.27. The van der Waals surface area contributed by atoms with Crippen molar-refractivity contribution in [3.63, 3.8) is 0 Å². The van der Waals surface area contributed by atoms with Crippen LogP contribution >= 0.6 is 0 Å². The number of nitrogens with two attached hydrogens (primary N) is 1. The van der Waals surface area contributed by atoms with E-state index in [2.05, 4.69) is 25.5 Å². The molecule has 0 amide bonds. The van der Waals surface area contributed by atoms with Crippen LogP contribution in [0.15, 0.2) is 47.5 Å². The van der Waals surface area contributed by atoms with Gasteiger partial charge in [0.2, 0.25) is 16.0 Å². The molecule has 0 bridgehead atoms. The second-order valence-corrected chi connectivity index (χ2v) is 8.76. The summed E-state index contributed by atoms with van der Waals surface area (Å²) in [5.74, 6) is 0.938. The molecule has 4 aromatic rings. The van der Waals surface area contributed by atoms with E-state index in [1.807, 2.05) is 0 Å². The van der Waals surface area contributed by atoms with E-state index in [-0.39, 0.29) is 16.7 Å². The van der Waals surface area contributed by atoms with Gasteiger partial charge in [0.05, 0.1) is 10.4 Å². The van der Waals surface area contributed by atoms with Crippen LogP contribution in [0.3, 0.4) is 0 Å². The lowest BCUT2D eigenvalue weighted by Gasteiger charge is -2.17. The van der Waals surface area contributed by atoms with Gasteiger partial charge >= 0.3 is 0 Å². The molecule has 0 saturated heterocycles. The minimum atomic E-state index is -3.85. The van der Waals surface area contributed by atoms with Crippen LogP contribution in [0.4, 0.5) is 27.7 Å². The number of rotatable bonds is 5. The van der Waals surface area contributed by atoms with Crippen molar-refractivity contribution in [1.29, 1.82) is 0 Å². The molecule has 11 heteroatoms. The maximum absolute atomic E-state index is 14.1. The minimum absolute atomic E-state index is 0.0106. The predicted molar refractivity (Wildman–Crippen MR) is 117 cm³/mol. The van der Waals surface area contributed by atoms with E-state index in [1.165, 1.54) is 18.2 Å². The van der Waals surface area contributed by atoms with Gasteiger partial charge in [-0.05, 0) is 61.4 Å². The molecule has 0 aliphatic heterocycles. The van der Waals surface area contributed by atoms with E-state index in [0.29, 0.717) is 39.4 Å². The monoisotopic (exact) mass is 441 g/mol. The highest BCUT2D eigenvalue weighted by Crippen LogP contribution is 2.30. The van der Waals surface area contributed by atoms with E-state index in [0.717, 1.165) is 0 Å². The average molecular weight is 441 g/mol. The number of fused-ring (bicyclic) bond motifs is 1. The van der Waals surface area contributed by atoms with Crippen molar-refractivity contribution < 1.29 is 12.8 Å². The molecule has 0 unspecified atom stereocenters. The summed E-state index contributed by atoms with van der Waals surface area (Å²) in [6.07, 6.45) is 1.55. The molecule has 0 atom stereocenters. The fourth-order valence-corrected chi connectivity index (χ4v) is 3.85. The number of aromatic amines is 1. The molecule has 4 N–H and O–H groups in total. The number of hydrogen-bond donors (Lipinski definition) is 3. The zero-order valence-electron chi connectivity index (χ0n) is 17.0. The van der Waals surface area contributed by atoms with Crippen molar-refractivity contribution in [2.75, 3.05) is 17.3 Å². The second kappa shape index (κ2) is 7.60. The molecular weight excluding hydrogens is 421 g/mol. The third-order valence-corrected chi connectivity index (χ3v) is 5.65. The first-order valence-corrected chi connectivity index (χ1v) is 10.8. The fourth-order valence-electron chi connectivity index (χ4n) is 3.21. The molecule has 31 heavy (non-hydrogen) atoms. The Balaban J connectivity index is 1.67. The number of primary sulfonamides is 1.